The minimum atomic E-state index is -0.671. The Labute approximate surface area is 155 Å². The van der Waals surface area contributed by atoms with E-state index in [0.29, 0.717) is 27.8 Å². The molecule has 0 atom stereocenters. The number of halogens is 1. The molecule has 2 N–H and O–H groups in total. The van der Waals surface area contributed by atoms with Crippen molar-refractivity contribution in [2.45, 2.75) is 6.54 Å². The summed E-state index contributed by atoms with van der Waals surface area (Å²) < 4.78 is 20.6. The summed E-state index contributed by atoms with van der Waals surface area (Å²) in [7, 11) is 4.54. The van der Waals surface area contributed by atoms with E-state index >= 15 is 0 Å². The Hall–Kier alpha value is -2.87. The van der Waals surface area contributed by atoms with Crippen molar-refractivity contribution >= 4 is 23.5 Å². The maximum absolute atomic E-state index is 11.9. The largest absolute Gasteiger partial charge is 0.496 e. The second-order valence-corrected chi connectivity index (χ2v) is 5.54. The second-order valence-electron chi connectivity index (χ2n) is 5.10. The van der Waals surface area contributed by atoms with E-state index in [9.17, 15) is 9.59 Å². The molecule has 0 fully saturated rings. The number of carbonyl (C=O) groups excluding carboxylic acids is 2. The van der Waals surface area contributed by atoms with Crippen LogP contribution in [-0.4, -0.2) is 44.8 Å². The van der Waals surface area contributed by atoms with Gasteiger partial charge in [-0.25, -0.2) is 4.79 Å². The Morgan fingerprint density at radius 1 is 1.04 bits per heavy atom. The smallest absolute Gasteiger partial charge is 0.355 e. The van der Waals surface area contributed by atoms with Gasteiger partial charge in [-0.1, -0.05) is 11.6 Å². The van der Waals surface area contributed by atoms with E-state index in [1.807, 2.05) is 0 Å². The zero-order valence-corrected chi connectivity index (χ0v) is 15.3. The Kier molecular flexibility index (Phi) is 6.74. The standard InChI is InChI=1S/C17H19ClN2O6/c1-23-13-6-15(25-3)14(24-2)4-10(13)7-20-16(21)9-26-17(22)12-5-11(18)8-19-12/h4-6,8,19H,7,9H2,1-3H3,(H,20,21). The molecule has 0 bridgehead atoms. The fourth-order valence-corrected chi connectivity index (χ4v) is 2.33. The molecule has 8 nitrogen and oxygen atoms in total. The monoisotopic (exact) mass is 382 g/mol. The Bertz CT molecular complexity index is 790. The average Bonchev–Trinajstić information content (AvgIpc) is 3.09. The number of ether oxygens (including phenoxy) is 4. The van der Waals surface area contributed by atoms with E-state index in [4.69, 9.17) is 30.5 Å². The van der Waals surface area contributed by atoms with Gasteiger partial charge in [0.15, 0.2) is 18.1 Å². The van der Waals surface area contributed by atoms with Gasteiger partial charge < -0.3 is 29.2 Å². The van der Waals surface area contributed by atoms with Gasteiger partial charge >= 0.3 is 5.97 Å². The molecule has 1 amide bonds. The van der Waals surface area contributed by atoms with E-state index in [1.54, 1.807) is 12.1 Å². The Morgan fingerprint density at radius 3 is 2.27 bits per heavy atom. The molecule has 1 aromatic carbocycles. The number of aromatic nitrogens is 1. The summed E-state index contributed by atoms with van der Waals surface area (Å²) in [6.45, 7) is -0.265. The van der Waals surface area contributed by atoms with Crippen LogP contribution in [0.15, 0.2) is 24.4 Å². The van der Waals surface area contributed by atoms with Crippen molar-refractivity contribution in [3.8, 4) is 17.2 Å². The molecule has 0 saturated carbocycles. The highest BCUT2D eigenvalue weighted by molar-refractivity contribution is 6.30. The van der Waals surface area contributed by atoms with Crippen LogP contribution >= 0.6 is 11.6 Å². The quantitative estimate of drug-likeness (QED) is 0.679. The zero-order valence-electron chi connectivity index (χ0n) is 14.6. The van der Waals surface area contributed by atoms with Crippen LogP contribution in [0.25, 0.3) is 0 Å². The highest BCUT2D eigenvalue weighted by Gasteiger charge is 2.14. The molecule has 0 unspecified atom stereocenters. The first-order chi connectivity index (χ1) is 12.5. The Balaban J connectivity index is 1.93. The summed E-state index contributed by atoms with van der Waals surface area (Å²) in [6, 6.07) is 4.77. The predicted octanol–water partition coefficient (Wildman–Crippen LogP) is 2.17. The maximum atomic E-state index is 11.9. The fraction of sp³-hybridized carbons (Fsp3) is 0.294. The summed E-state index contributed by atoms with van der Waals surface area (Å²) in [5.74, 6) is 0.412. The highest BCUT2D eigenvalue weighted by Crippen LogP contribution is 2.34. The normalized spacial score (nSPS) is 10.2. The van der Waals surface area contributed by atoms with Crippen LogP contribution in [0.3, 0.4) is 0 Å². The Morgan fingerprint density at radius 2 is 1.69 bits per heavy atom. The number of carbonyl (C=O) groups is 2. The first-order valence-electron chi connectivity index (χ1n) is 7.55. The SMILES string of the molecule is COc1cc(OC)c(OC)cc1CNC(=O)COC(=O)c1cc(Cl)c[nH]1. The van der Waals surface area contributed by atoms with Gasteiger partial charge in [0.1, 0.15) is 11.4 Å². The number of rotatable bonds is 8. The summed E-state index contributed by atoms with van der Waals surface area (Å²) in [5, 5.41) is 3.02. The van der Waals surface area contributed by atoms with Crippen LogP contribution in [0.2, 0.25) is 5.02 Å². The third kappa shape index (κ3) is 4.82. The number of aromatic amines is 1. The predicted molar refractivity (Wildman–Crippen MR) is 94.0 cm³/mol. The topological polar surface area (TPSA) is 98.9 Å². The van der Waals surface area contributed by atoms with E-state index in [-0.39, 0.29) is 12.2 Å². The van der Waals surface area contributed by atoms with Gasteiger partial charge in [-0.15, -0.1) is 0 Å². The number of hydrogen-bond acceptors (Lipinski definition) is 6. The third-order valence-corrected chi connectivity index (χ3v) is 3.68. The molecule has 140 valence electrons. The van der Waals surface area contributed by atoms with E-state index < -0.39 is 18.5 Å². The number of hydrogen-bond donors (Lipinski definition) is 2. The van der Waals surface area contributed by atoms with Crippen molar-refractivity contribution < 1.29 is 28.5 Å². The van der Waals surface area contributed by atoms with Gasteiger partial charge in [0.2, 0.25) is 0 Å². The van der Waals surface area contributed by atoms with Gasteiger partial charge in [0.05, 0.1) is 26.4 Å². The number of benzene rings is 1. The minimum Gasteiger partial charge on any atom is -0.496 e. The summed E-state index contributed by atoms with van der Waals surface area (Å²) >= 11 is 5.71. The number of nitrogens with one attached hydrogen (secondary N) is 2. The van der Waals surface area contributed by atoms with Crippen LogP contribution < -0.4 is 19.5 Å². The molecule has 9 heteroatoms. The second kappa shape index (κ2) is 9.00. The minimum absolute atomic E-state index is 0.161. The van der Waals surface area contributed by atoms with E-state index in [2.05, 4.69) is 10.3 Å². The van der Waals surface area contributed by atoms with Gasteiger partial charge in [0, 0.05) is 24.4 Å². The first kappa shape index (κ1) is 19.5. The van der Waals surface area contributed by atoms with Crippen molar-refractivity contribution in [2.24, 2.45) is 0 Å². The number of methoxy groups -OCH3 is 3. The van der Waals surface area contributed by atoms with Gasteiger partial charge in [-0.05, 0) is 12.1 Å². The molecule has 0 aliphatic rings. The molecular weight excluding hydrogens is 364 g/mol. The average molecular weight is 383 g/mol. The molecular formula is C17H19ClN2O6. The van der Waals surface area contributed by atoms with Crippen LogP contribution in [0.4, 0.5) is 0 Å². The lowest BCUT2D eigenvalue weighted by Gasteiger charge is -2.14. The maximum Gasteiger partial charge on any atom is 0.355 e. The van der Waals surface area contributed by atoms with Gasteiger partial charge in [-0.2, -0.15) is 0 Å². The molecule has 0 aliphatic carbocycles. The molecule has 26 heavy (non-hydrogen) atoms. The lowest BCUT2D eigenvalue weighted by Crippen LogP contribution is -2.28. The van der Waals surface area contributed by atoms with Crippen molar-refractivity contribution in [1.29, 1.82) is 0 Å². The van der Waals surface area contributed by atoms with Gasteiger partial charge in [-0.3, -0.25) is 4.79 Å². The molecule has 2 rings (SSSR count). The molecule has 0 aliphatic heterocycles. The number of amides is 1. The molecule has 0 spiro atoms. The van der Waals surface area contributed by atoms with Crippen molar-refractivity contribution in [2.75, 3.05) is 27.9 Å². The van der Waals surface area contributed by atoms with Crippen LogP contribution in [0.5, 0.6) is 17.2 Å². The first-order valence-corrected chi connectivity index (χ1v) is 7.93. The molecule has 0 saturated heterocycles. The lowest BCUT2D eigenvalue weighted by atomic mass is 10.1. The molecule has 1 aromatic heterocycles. The van der Waals surface area contributed by atoms with Crippen LogP contribution in [0, 0.1) is 0 Å². The van der Waals surface area contributed by atoms with Crippen molar-refractivity contribution in [1.82, 2.24) is 10.3 Å². The van der Waals surface area contributed by atoms with Crippen molar-refractivity contribution in [3.63, 3.8) is 0 Å². The third-order valence-electron chi connectivity index (χ3n) is 3.46. The van der Waals surface area contributed by atoms with Crippen LogP contribution in [-0.2, 0) is 16.1 Å². The van der Waals surface area contributed by atoms with E-state index in [0.717, 1.165) is 0 Å². The molecule has 2 aromatic rings. The summed E-state index contributed by atoms with van der Waals surface area (Å²) in [5.41, 5.74) is 0.852. The van der Waals surface area contributed by atoms with Gasteiger partial charge in [0.25, 0.3) is 5.91 Å². The molecule has 0 radical (unpaired) electrons. The fourth-order valence-electron chi connectivity index (χ4n) is 2.17. The highest BCUT2D eigenvalue weighted by atomic mass is 35.5. The van der Waals surface area contributed by atoms with E-state index in [1.165, 1.54) is 33.6 Å². The zero-order chi connectivity index (χ0) is 19.1. The number of H-pyrrole nitrogens is 1. The van der Waals surface area contributed by atoms with Crippen LogP contribution in [0.1, 0.15) is 16.1 Å². The summed E-state index contributed by atoms with van der Waals surface area (Å²) in [4.78, 5) is 26.3. The summed E-state index contributed by atoms with van der Waals surface area (Å²) in [6.07, 6.45) is 1.45. The van der Waals surface area contributed by atoms with Crippen molar-refractivity contribution in [3.05, 3.63) is 40.7 Å². The number of esters is 1. The molecule has 1 heterocycles. The lowest BCUT2D eigenvalue weighted by molar-refractivity contribution is -0.124.